The van der Waals surface area contributed by atoms with Gasteiger partial charge in [0.05, 0.1) is 13.2 Å². The standard InChI is InChI=1S/C19H22FN5O2/c20-16-3-1-15(2-4-16)19(26)25-7-5-23(6-8-25)17-13-18(22-14-21-17)24-9-11-27-12-10-24/h1-4,13-14H,5-12H2. The molecule has 0 spiro atoms. The van der Waals surface area contributed by atoms with Crippen LogP contribution in [0.4, 0.5) is 16.0 Å². The van der Waals surface area contributed by atoms with Crippen LogP contribution in [0.15, 0.2) is 36.7 Å². The number of amides is 1. The molecule has 8 heteroatoms. The summed E-state index contributed by atoms with van der Waals surface area (Å²) in [7, 11) is 0. The largest absolute Gasteiger partial charge is 0.378 e. The molecule has 3 heterocycles. The summed E-state index contributed by atoms with van der Waals surface area (Å²) in [6, 6.07) is 7.70. The van der Waals surface area contributed by atoms with Crippen molar-refractivity contribution in [3.8, 4) is 0 Å². The molecule has 2 aliphatic heterocycles. The molecule has 0 bridgehead atoms. The number of morpholine rings is 1. The Morgan fingerprint density at radius 3 is 2.11 bits per heavy atom. The van der Waals surface area contributed by atoms with Gasteiger partial charge < -0.3 is 19.4 Å². The molecule has 0 radical (unpaired) electrons. The Kier molecular flexibility index (Phi) is 5.15. The lowest BCUT2D eigenvalue weighted by Gasteiger charge is -2.36. The number of carbonyl (C=O) groups is 1. The number of nitrogens with zero attached hydrogens (tertiary/aromatic N) is 5. The van der Waals surface area contributed by atoms with Gasteiger partial charge in [-0.1, -0.05) is 0 Å². The van der Waals surface area contributed by atoms with Crippen molar-refractivity contribution < 1.29 is 13.9 Å². The first-order valence-electron chi connectivity index (χ1n) is 9.15. The van der Waals surface area contributed by atoms with Gasteiger partial charge in [-0.2, -0.15) is 0 Å². The summed E-state index contributed by atoms with van der Waals surface area (Å²) in [5, 5.41) is 0. The Morgan fingerprint density at radius 2 is 1.48 bits per heavy atom. The summed E-state index contributed by atoms with van der Waals surface area (Å²) in [5.41, 5.74) is 0.515. The van der Waals surface area contributed by atoms with Crippen molar-refractivity contribution in [2.24, 2.45) is 0 Å². The Bertz CT molecular complexity index is 787. The number of aromatic nitrogens is 2. The summed E-state index contributed by atoms with van der Waals surface area (Å²) < 4.78 is 18.4. The second kappa shape index (κ2) is 7.87. The van der Waals surface area contributed by atoms with Gasteiger partial charge in [-0.05, 0) is 24.3 Å². The van der Waals surface area contributed by atoms with Crippen LogP contribution in [0.5, 0.6) is 0 Å². The number of anilines is 2. The van der Waals surface area contributed by atoms with Crippen LogP contribution in [0.3, 0.4) is 0 Å². The first-order valence-corrected chi connectivity index (χ1v) is 9.15. The lowest BCUT2D eigenvalue weighted by molar-refractivity contribution is 0.0746. The maximum absolute atomic E-state index is 13.0. The number of halogens is 1. The molecule has 1 aromatic carbocycles. The van der Waals surface area contributed by atoms with Crippen molar-refractivity contribution >= 4 is 17.5 Å². The smallest absolute Gasteiger partial charge is 0.253 e. The first-order chi connectivity index (χ1) is 13.2. The van der Waals surface area contributed by atoms with E-state index in [0.717, 1.165) is 24.7 Å². The molecule has 7 nitrogen and oxygen atoms in total. The van der Waals surface area contributed by atoms with Crippen LogP contribution in [0.25, 0.3) is 0 Å². The number of carbonyl (C=O) groups excluding carboxylic acids is 1. The number of benzene rings is 1. The van der Waals surface area contributed by atoms with E-state index in [2.05, 4.69) is 19.8 Å². The molecule has 4 rings (SSSR count). The van der Waals surface area contributed by atoms with E-state index in [1.165, 1.54) is 24.3 Å². The summed E-state index contributed by atoms with van der Waals surface area (Å²) in [6.07, 6.45) is 1.59. The van der Waals surface area contributed by atoms with Crippen LogP contribution in [-0.2, 0) is 4.74 Å². The topological polar surface area (TPSA) is 61.8 Å². The number of rotatable bonds is 3. The molecule has 142 valence electrons. The zero-order valence-electron chi connectivity index (χ0n) is 15.1. The maximum atomic E-state index is 13.0. The second-order valence-electron chi connectivity index (χ2n) is 6.62. The normalized spacial score (nSPS) is 17.9. The fraction of sp³-hybridized carbons (Fsp3) is 0.421. The highest BCUT2D eigenvalue weighted by Crippen LogP contribution is 2.20. The summed E-state index contributed by atoms with van der Waals surface area (Å²) in [4.78, 5) is 27.5. The van der Waals surface area contributed by atoms with Gasteiger partial charge in [-0.25, -0.2) is 14.4 Å². The van der Waals surface area contributed by atoms with Crippen molar-refractivity contribution in [2.75, 3.05) is 62.3 Å². The molecule has 1 aromatic heterocycles. The monoisotopic (exact) mass is 371 g/mol. The summed E-state index contributed by atoms with van der Waals surface area (Å²) in [6.45, 7) is 5.69. The Labute approximate surface area is 157 Å². The number of piperazine rings is 1. The zero-order valence-corrected chi connectivity index (χ0v) is 15.1. The Morgan fingerprint density at radius 1 is 0.889 bits per heavy atom. The van der Waals surface area contributed by atoms with Gasteiger partial charge in [0.1, 0.15) is 23.8 Å². The average Bonchev–Trinajstić information content (AvgIpc) is 2.75. The summed E-state index contributed by atoms with van der Waals surface area (Å²) >= 11 is 0. The van der Waals surface area contributed by atoms with Crippen LogP contribution >= 0.6 is 0 Å². The molecule has 0 unspecified atom stereocenters. The van der Waals surface area contributed by atoms with Crippen molar-refractivity contribution in [1.82, 2.24) is 14.9 Å². The van der Waals surface area contributed by atoms with E-state index >= 15 is 0 Å². The molecule has 0 atom stereocenters. The lowest BCUT2D eigenvalue weighted by atomic mass is 10.2. The van der Waals surface area contributed by atoms with E-state index in [1.807, 2.05) is 6.07 Å². The third-order valence-corrected chi connectivity index (χ3v) is 4.96. The molecule has 0 N–H and O–H groups in total. The van der Waals surface area contributed by atoms with E-state index in [-0.39, 0.29) is 11.7 Å². The number of hydrogen-bond donors (Lipinski definition) is 0. The van der Waals surface area contributed by atoms with E-state index < -0.39 is 0 Å². The predicted molar refractivity (Wildman–Crippen MR) is 99.6 cm³/mol. The molecule has 0 aliphatic carbocycles. The van der Waals surface area contributed by atoms with Crippen molar-refractivity contribution in [2.45, 2.75) is 0 Å². The first kappa shape index (κ1) is 17.7. The molecular weight excluding hydrogens is 349 g/mol. The highest BCUT2D eigenvalue weighted by atomic mass is 19.1. The van der Waals surface area contributed by atoms with Crippen molar-refractivity contribution in [3.63, 3.8) is 0 Å². The van der Waals surface area contributed by atoms with Gasteiger partial charge in [0.15, 0.2) is 0 Å². The molecule has 2 aromatic rings. The number of hydrogen-bond acceptors (Lipinski definition) is 6. The molecular formula is C19H22FN5O2. The van der Waals surface area contributed by atoms with E-state index in [1.54, 1.807) is 11.2 Å². The zero-order chi connectivity index (χ0) is 18.6. The van der Waals surface area contributed by atoms with Gasteiger partial charge in [0.2, 0.25) is 0 Å². The predicted octanol–water partition coefficient (Wildman–Crippen LogP) is 1.41. The van der Waals surface area contributed by atoms with Crippen molar-refractivity contribution in [1.29, 1.82) is 0 Å². The quantitative estimate of drug-likeness (QED) is 0.813. The SMILES string of the molecule is O=C(c1ccc(F)cc1)N1CCN(c2cc(N3CCOCC3)ncn2)CC1. The van der Waals surface area contributed by atoms with Gasteiger partial charge in [-0.3, -0.25) is 4.79 Å². The van der Waals surface area contributed by atoms with Crippen LogP contribution in [0.2, 0.25) is 0 Å². The fourth-order valence-corrected chi connectivity index (χ4v) is 3.39. The van der Waals surface area contributed by atoms with E-state index in [0.29, 0.717) is 45.0 Å². The van der Waals surface area contributed by atoms with Crippen LogP contribution < -0.4 is 9.80 Å². The van der Waals surface area contributed by atoms with Gasteiger partial charge in [0.25, 0.3) is 5.91 Å². The maximum Gasteiger partial charge on any atom is 0.253 e. The third-order valence-electron chi connectivity index (χ3n) is 4.96. The number of ether oxygens (including phenoxy) is 1. The molecule has 2 saturated heterocycles. The van der Waals surface area contributed by atoms with Crippen LogP contribution in [-0.4, -0.2) is 73.3 Å². The summed E-state index contributed by atoms with van der Waals surface area (Å²) in [5.74, 6) is 1.39. The minimum atomic E-state index is -0.337. The third kappa shape index (κ3) is 4.00. The molecule has 2 fully saturated rings. The van der Waals surface area contributed by atoms with Gasteiger partial charge in [-0.15, -0.1) is 0 Å². The molecule has 0 saturated carbocycles. The van der Waals surface area contributed by atoms with Gasteiger partial charge in [0, 0.05) is 50.9 Å². The van der Waals surface area contributed by atoms with Crippen molar-refractivity contribution in [3.05, 3.63) is 48.0 Å². The Balaban J connectivity index is 1.39. The highest BCUT2D eigenvalue weighted by molar-refractivity contribution is 5.94. The highest BCUT2D eigenvalue weighted by Gasteiger charge is 2.23. The van der Waals surface area contributed by atoms with E-state index in [4.69, 9.17) is 4.74 Å². The molecule has 1 amide bonds. The second-order valence-corrected chi connectivity index (χ2v) is 6.62. The minimum absolute atomic E-state index is 0.0636. The lowest BCUT2D eigenvalue weighted by Crippen LogP contribution is -2.49. The van der Waals surface area contributed by atoms with Gasteiger partial charge >= 0.3 is 0 Å². The van der Waals surface area contributed by atoms with E-state index in [9.17, 15) is 9.18 Å². The Hall–Kier alpha value is -2.74. The molecule has 2 aliphatic rings. The minimum Gasteiger partial charge on any atom is -0.378 e. The molecule has 27 heavy (non-hydrogen) atoms. The van der Waals surface area contributed by atoms with Crippen LogP contribution in [0.1, 0.15) is 10.4 Å². The average molecular weight is 371 g/mol. The fourth-order valence-electron chi connectivity index (χ4n) is 3.39. The van der Waals surface area contributed by atoms with Crippen LogP contribution in [0, 0.1) is 5.82 Å².